The molecule has 33 heavy (non-hydrogen) atoms. The minimum Gasteiger partial charge on any atom is -0.449 e. The maximum absolute atomic E-state index is 14.0. The minimum atomic E-state index is -1.81. The zero-order chi connectivity index (χ0) is 23.5. The molecule has 2 atom stereocenters. The molecule has 0 bridgehead atoms. The SMILES string of the molecule is Nc1cc(F)c(C(O)C(O)CCNC(=O)OCC2c3ccccc3-c3ccccc32)c(F)c1. The number of carbonyl (C=O) groups is 1. The third-order valence-corrected chi connectivity index (χ3v) is 5.81. The Bertz CT molecular complexity index is 1100. The van der Waals surface area contributed by atoms with Gasteiger partial charge in [-0.25, -0.2) is 13.6 Å². The molecule has 3 aromatic carbocycles. The number of ether oxygens (including phenoxy) is 1. The van der Waals surface area contributed by atoms with Gasteiger partial charge >= 0.3 is 6.09 Å². The largest absolute Gasteiger partial charge is 0.449 e. The summed E-state index contributed by atoms with van der Waals surface area (Å²) in [4.78, 5) is 12.2. The lowest BCUT2D eigenvalue weighted by Crippen LogP contribution is -2.31. The number of benzene rings is 3. The first-order valence-corrected chi connectivity index (χ1v) is 10.6. The summed E-state index contributed by atoms with van der Waals surface area (Å²) >= 11 is 0. The van der Waals surface area contributed by atoms with Crippen molar-refractivity contribution < 1.29 is 28.5 Å². The number of nitrogens with one attached hydrogen (secondary N) is 1. The zero-order valence-electron chi connectivity index (χ0n) is 17.7. The predicted molar refractivity (Wildman–Crippen MR) is 119 cm³/mol. The van der Waals surface area contributed by atoms with E-state index in [-0.39, 0.29) is 31.2 Å². The standard InChI is InChI=1S/C25H24F2N2O4/c26-20-11-14(28)12-21(27)23(20)24(31)22(30)9-10-29-25(32)33-13-19-17-7-3-1-5-15(17)16-6-2-4-8-18(16)19/h1-8,11-12,19,22,24,30-31H,9-10,13,28H2,(H,29,32). The summed E-state index contributed by atoms with van der Waals surface area (Å²) in [6.07, 6.45) is -4.15. The van der Waals surface area contributed by atoms with Crippen molar-refractivity contribution >= 4 is 11.8 Å². The van der Waals surface area contributed by atoms with Gasteiger partial charge in [-0.1, -0.05) is 48.5 Å². The van der Waals surface area contributed by atoms with E-state index in [1.165, 1.54) is 0 Å². The topological polar surface area (TPSA) is 105 Å². The Morgan fingerprint density at radius 2 is 1.55 bits per heavy atom. The summed E-state index contributed by atoms with van der Waals surface area (Å²) in [5.41, 5.74) is 8.95. The highest BCUT2D eigenvalue weighted by Gasteiger charge is 2.29. The van der Waals surface area contributed by atoms with Crippen LogP contribution in [0.5, 0.6) is 0 Å². The van der Waals surface area contributed by atoms with Crippen LogP contribution < -0.4 is 11.1 Å². The smallest absolute Gasteiger partial charge is 0.407 e. The number of carbonyl (C=O) groups excluding carboxylic acids is 1. The number of halogens is 2. The molecule has 0 aliphatic heterocycles. The molecule has 5 N–H and O–H groups in total. The van der Waals surface area contributed by atoms with Gasteiger partial charge in [0.1, 0.15) is 24.3 Å². The van der Waals surface area contributed by atoms with E-state index in [1.807, 2.05) is 48.5 Å². The second kappa shape index (κ2) is 9.56. The molecule has 172 valence electrons. The highest BCUT2D eigenvalue weighted by molar-refractivity contribution is 5.79. The molecule has 4 rings (SSSR count). The number of alkyl carbamates (subject to hydrolysis) is 1. The monoisotopic (exact) mass is 454 g/mol. The molecule has 3 aromatic rings. The molecule has 8 heteroatoms. The average Bonchev–Trinajstić information content (AvgIpc) is 3.10. The van der Waals surface area contributed by atoms with Crippen molar-refractivity contribution in [2.45, 2.75) is 24.5 Å². The van der Waals surface area contributed by atoms with Gasteiger partial charge in [0.15, 0.2) is 0 Å². The number of rotatable bonds is 7. The van der Waals surface area contributed by atoms with E-state index in [4.69, 9.17) is 10.5 Å². The quantitative estimate of drug-likeness (QED) is 0.406. The molecule has 0 saturated carbocycles. The summed E-state index contributed by atoms with van der Waals surface area (Å²) in [5, 5.41) is 22.7. The molecule has 2 unspecified atom stereocenters. The molecule has 0 heterocycles. The Labute approximate surface area is 189 Å². The van der Waals surface area contributed by atoms with Crippen LogP contribution in [0.1, 0.15) is 35.1 Å². The van der Waals surface area contributed by atoms with Gasteiger partial charge in [-0.15, -0.1) is 0 Å². The van der Waals surface area contributed by atoms with Crippen molar-refractivity contribution in [1.29, 1.82) is 0 Å². The van der Waals surface area contributed by atoms with Crippen molar-refractivity contribution in [3.05, 3.63) is 89.0 Å². The number of amides is 1. The first kappa shape index (κ1) is 22.7. The van der Waals surface area contributed by atoms with E-state index < -0.39 is 35.5 Å². The van der Waals surface area contributed by atoms with Crippen LogP contribution >= 0.6 is 0 Å². The van der Waals surface area contributed by atoms with Gasteiger partial charge in [-0.05, 0) is 40.8 Å². The predicted octanol–water partition coefficient (Wildman–Crippen LogP) is 3.87. The Kier molecular flexibility index (Phi) is 6.57. The first-order valence-electron chi connectivity index (χ1n) is 10.6. The number of hydrogen-bond donors (Lipinski definition) is 4. The van der Waals surface area contributed by atoms with Crippen LogP contribution in [-0.2, 0) is 4.74 Å². The van der Waals surface area contributed by atoms with E-state index >= 15 is 0 Å². The number of anilines is 1. The molecule has 6 nitrogen and oxygen atoms in total. The Morgan fingerprint density at radius 1 is 1.00 bits per heavy atom. The average molecular weight is 454 g/mol. The number of fused-ring (bicyclic) bond motifs is 3. The third kappa shape index (κ3) is 4.67. The van der Waals surface area contributed by atoms with Crippen molar-refractivity contribution in [2.75, 3.05) is 18.9 Å². The van der Waals surface area contributed by atoms with Crippen molar-refractivity contribution in [3.8, 4) is 11.1 Å². The van der Waals surface area contributed by atoms with Gasteiger partial charge in [0.2, 0.25) is 0 Å². The summed E-state index contributed by atoms with van der Waals surface area (Å²) in [6, 6.07) is 17.6. The van der Waals surface area contributed by atoms with Gasteiger partial charge in [-0.3, -0.25) is 0 Å². The van der Waals surface area contributed by atoms with Gasteiger partial charge in [0, 0.05) is 18.2 Å². The molecule has 0 fully saturated rings. The number of aliphatic hydroxyl groups excluding tert-OH is 2. The third-order valence-electron chi connectivity index (χ3n) is 5.81. The fourth-order valence-electron chi connectivity index (χ4n) is 4.21. The highest BCUT2D eigenvalue weighted by Crippen LogP contribution is 2.44. The van der Waals surface area contributed by atoms with Gasteiger partial charge in [-0.2, -0.15) is 0 Å². The molecular formula is C25H24F2N2O4. The number of nitrogens with two attached hydrogens (primary N) is 1. The van der Waals surface area contributed by atoms with E-state index in [0.29, 0.717) is 0 Å². The zero-order valence-corrected chi connectivity index (χ0v) is 17.7. The number of aliphatic hydroxyl groups is 2. The first-order chi connectivity index (χ1) is 15.9. The van der Waals surface area contributed by atoms with Crippen molar-refractivity contribution in [1.82, 2.24) is 5.32 Å². The molecular weight excluding hydrogens is 430 g/mol. The number of hydrogen-bond acceptors (Lipinski definition) is 5. The summed E-state index contributed by atoms with van der Waals surface area (Å²) in [5.74, 6) is -2.20. The van der Waals surface area contributed by atoms with Gasteiger partial charge in [0.05, 0.1) is 11.7 Å². The van der Waals surface area contributed by atoms with Gasteiger partial charge in [0.25, 0.3) is 0 Å². The van der Waals surface area contributed by atoms with Crippen LogP contribution in [-0.4, -0.2) is 35.6 Å². The lowest BCUT2D eigenvalue weighted by molar-refractivity contribution is 0.00949. The Hall–Kier alpha value is -3.49. The highest BCUT2D eigenvalue weighted by atomic mass is 19.1. The van der Waals surface area contributed by atoms with E-state index in [1.54, 1.807) is 0 Å². The van der Waals surface area contributed by atoms with E-state index in [9.17, 15) is 23.8 Å². The van der Waals surface area contributed by atoms with Crippen LogP contribution in [0.4, 0.5) is 19.3 Å². The summed E-state index contributed by atoms with van der Waals surface area (Å²) in [7, 11) is 0. The van der Waals surface area contributed by atoms with Crippen LogP contribution in [0, 0.1) is 11.6 Å². The second-order valence-corrected chi connectivity index (χ2v) is 7.95. The molecule has 0 saturated heterocycles. The van der Waals surface area contributed by atoms with E-state index in [0.717, 1.165) is 34.4 Å². The summed E-state index contributed by atoms with van der Waals surface area (Å²) in [6.45, 7) is 0.0695. The Balaban J connectivity index is 1.30. The fraction of sp³-hybridized carbons (Fsp3) is 0.240. The fourth-order valence-corrected chi connectivity index (χ4v) is 4.21. The minimum absolute atomic E-state index is 0.0624. The molecule has 0 spiro atoms. The maximum Gasteiger partial charge on any atom is 0.407 e. The lowest BCUT2D eigenvalue weighted by Gasteiger charge is -2.20. The molecule has 1 amide bonds. The molecule has 1 aliphatic rings. The molecule has 1 aliphatic carbocycles. The second-order valence-electron chi connectivity index (χ2n) is 7.95. The van der Waals surface area contributed by atoms with Crippen molar-refractivity contribution in [2.24, 2.45) is 0 Å². The van der Waals surface area contributed by atoms with Crippen LogP contribution in [0.2, 0.25) is 0 Å². The summed E-state index contributed by atoms with van der Waals surface area (Å²) < 4.78 is 33.3. The van der Waals surface area contributed by atoms with Gasteiger partial charge < -0.3 is 26.0 Å². The normalized spacial score (nSPS) is 14.3. The lowest BCUT2D eigenvalue weighted by atomic mass is 9.98. The van der Waals surface area contributed by atoms with Crippen molar-refractivity contribution in [3.63, 3.8) is 0 Å². The Morgan fingerprint density at radius 3 is 2.12 bits per heavy atom. The molecule has 0 aromatic heterocycles. The maximum atomic E-state index is 14.0. The van der Waals surface area contributed by atoms with Crippen LogP contribution in [0.3, 0.4) is 0 Å². The molecule has 0 radical (unpaired) electrons. The van der Waals surface area contributed by atoms with Crippen LogP contribution in [0.15, 0.2) is 60.7 Å². The van der Waals surface area contributed by atoms with E-state index in [2.05, 4.69) is 5.32 Å². The number of nitrogen functional groups attached to an aromatic ring is 1. The van der Waals surface area contributed by atoms with Crippen LogP contribution in [0.25, 0.3) is 11.1 Å².